The molecule has 98 valence electrons. The molecule has 2 aromatic rings. The lowest BCUT2D eigenvalue weighted by atomic mass is 9.99. The zero-order valence-electron chi connectivity index (χ0n) is 11.0. The summed E-state index contributed by atoms with van der Waals surface area (Å²) in [7, 11) is 0. The molecule has 1 heterocycles. The minimum Gasteiger partial charge on any atom is -0.482 e. The molecule has 2 aromatic carbocycles. The zero-order chi connectivity index (χ0) is 13.4. The van der Waals surface area contributed by atoms with E-state index in [-0.39, 0.29) is 11.9 Å². The van der Waals surface area contributed by atoms with Gasteiger partial charge in [-0.05, 0) is 37.1 Å². The number of hydrogen-bond acceptors (Lipinski definition) is 2. The highest BCUT2D eigenvalue weighted by Crippen LogP contribution is 2.35. The third-order valence-corrected chi connectivity index (χ3v) is 3.47. The maximum atomic E-state index is 13.1. The number of aryl methyl sites for hydroxylation is 2. The van der Waals surface area contributed by atoms with Crippen LogP contribution in [0, 0.1) is 19.7 Å². The summed E-state index contributed by atoms with van der Waals surface area (Å²) >= 11 is 0. The topological polar surface area (TPSA) is 21.3 Å². The van der Waals surface area contributed by atoms with Crippen molar-refractivity contribution in [1.29, 1.82) is 0 Å². The highest BCUT2D eigenvalue weighted by molar-refractivity contribution is 5.58. The number of nitrogens with one attached hydrogen (secondary N) is 1. The summed E-state index contributed by atoms with van der Waals surface area (Å²) in [5.74, 6) is 0.457. The van der Waals surface area contributed by atoms with Gasteiger partial charge < -0.3 is 10.1 Å². The smallest absolute Gasteiger partial charge is 0.143 e. The van der Waals surface area contributed by atoms with Crippen LogP contribution in [0.3, 0.4) is 0 Å². The molecule has 1 aliphatic rings. The molecule has 0 amide bonds. The van der Waals surface area contributed by atoms with Gasteiger partial charge in [0, 0.05) is 6.07 Å². The fourth-order valence-corrected chi connectivity index (χ4v) is 2.42. The van der Waals surface area contributed by atoms with Crippen LogP contribution in [0.2, 0.25) is 0 Å². The first-order valence-electron chi connectivity index (χ1n) is 6.41. The van der Waals surface area contributed by atoms with Gasteiger partial charge >= 0.3 is 0 Å². The fourth-order valence-electron chi connectivity index (χ4n) is 2.42. The van der Waals surface area contributed by atoms with Gasteiger partial charge in [-0.2, -0.15) is 0 Å². The number of anilines is 1. The van der Waals surface area contributed by atoms with E-state index in [4.69, 9.17) is 4.74 Å². The van der Waals surface area contributed by atoms with Crippen LogP contribution in [0.15, 0.2) is 36.4 Å². The second-order valence-corrected chi connectivity index (χ2v) is 4.99. The van der Waals surface area contributed by atoms with Crippen molar-refractivity contribution in [3.05, 3.63) is 58.9 Å². The third-order valence-electron chi connectivity index (χ3n) is 3.47. The summed E-state index contributed by atoms with van der Waals surface area (Å²) in [6.45, 7) is 4.81. The van der Waals surface area contributed by atoms with E-state index in [2.05, 4.69) is 37.4 Å². The van der Waals surface area contributed by atoms with Crippen LogP contribution in [-0.4, -0.2) is 6.54 Å². The standard InChI is InChI=1S/C16H16FNO/c1-10-3-4-11(2)13(7-10)16-9-18-14-8-12(17)5-6-15(14)19-16/h3-8,16,18H,9H2,1-2H3. The number of hydrogen-bond donors (Lipinski definition) is 1. The van der Waals surface area contributed by atoms with Crippen molar-refractivity contribution in [3.8, 4) is 5.75 Å². The van der Waals surface area contributed by atoms with Crippen molar-refractivity contribution in [3.63, 3.8) is 0 Å². The van der Waals surface area contributed by atoms with Gasteiger partial charge in [0.15, 0.2) is 0 Å². The van der Waals surface area contributed by atoms with E-state index in [1.807, 2.05) is 0 Å². The van der Waals surface area contributed by atoms with E-state index in [0.717, 1.165) is 5.69 Å². The zero-order valence-corrected chi connectivity index (χ0v) is 11.0. The summed E-state index contributed by atoms with van der Waals surface area (Å²) in [6.07, 6.45) is -0.0298. The molecular formula is C16H16FNO. The molecule has 3 heteroatoms. The second-order valence-electron chi connectivity index (χ2n) is 4.99. The highest BCUT2D eigenvalue weighted by Gasteiger charge is 2.22. The van der Waals surface area contributed by atoms with Crippen LogP contribution in [-0.2, 0) is 0 Å². The molecule has 0 bridgehead atoms. The predicted molar refractivity (Wildman–Crippen MR) is 74.2 cm³/mol. The van der Waals surface area contributed by atoms with E-state index in [9.17, 15) is 4.39 Å². The van der Waals surface area contributed by atoms with Gasteiger partial charge in [-0.1, -0.05) is 23.8 Å². The maximum absolute atomic E-state index is 13.1. The number of ether oxygens (including phenoxy) is 1. The first-order valence-corrected chi connectivity index (χ1v) is 6.41. The van der Waals surface area contributed by atoms with Gasteiger partial charge in [-0.3, -0.25) is 0 Å². The quantitative estimate of drug-likeness (QED) is 0.834. The van der Waals surface area contributed by atoms with Gasteiger partial charge in [0.2, 0.25) is 0 Å². The first-order chi connectivity index (χ1) is 9.13. The van der Waals surface area contributed by atoms with Crippen molar-refractivity contribution < 1.29 is 9.13 Å². The second kappa shape index (κ2) is 4.57. The number of benzene rings is 2. The fraction of sp³-hybridized carbons (Fsp3) is 0.250. The average molecular weight is 257 g/mol. The van der Waals surface area contributed by atoms with E-state index < -0.39 is 0 Å². The van der Waals surface area contributed by atoms with Crippen LogP contribution < -0.4 is 10.1 Å². The molecule has 0 aliphatic carbocycles. The van der Waals surface area contributed by atoms with Crippen LogP contribution >= 0.6 is 0 Å². The maximum Gasteiger partial charge on any atom is 0.143 e. The summed E-state index contributed by atoms with van der Waals surface area (Å²) < 4.78 is 19.1. The molecule has 1 aliphatic heterocycles. The van der Waals surface area contributed by atoms with Gasteiger partial charge in [0.1, 0.15) is 17.7 Å². The van der Waals surface area contributed by atoms with Crippen molar-refractivity contribution in [2.24, 2.45) is 0 Å². The third kappa shape index (κ3) is 2.28. The molecule has 3 rings (SSSR count). The Morgan fingerprint density at radius 3 is 2.84 bits per heavy atom. The Balaban J connectivity index is 1.93. The molecule has 0 aromatic heterocycles. The number of fused-ring (bicyclic) bond motifs is 1. The van der Waals surface area contributed by atoms with Crippen molar-refractivity contribution in [1.82, 2.24) is 0 Å². The molecule has 1 unspecified atom stereocenters. The van der Waals surface area contributed by atoms with Crippen molar-refractivity contribution in [2.75, 3.05) is 11.9 Å². The Bertz CT molecular complexity index is 624. The molecule has 0 fully saturated rings. The molecule has 1 atom stereocenters. The summed E-state index contributed by atoms with van der Waals surface area (Å²) in [5.41, 5.74) is 4.33. The highest BCUT2D eigenvalue weighted by atomic mass is 19.1. The molecule has 0 spiro atoms. The number of halogens is 1. The summed E-state index contributed by atoms with van der Waals surface area (Å²) in [4.78, 5) is 0. The van der Waals surface area contributed by atoms with Gasteiger partial charge in [-0.25, -0.2) is 4.39 Å². The lowest BCUT2D eigenvalue weighted by molar-refractivity contribution is 0.209. The molecule has 0 radical (unpaired) electrons. The van der Waals surface area contributed by atoms with Crippen LogP contribution in [0.5, 0.6) is 5.75 Å². The molecule has 0 saturated carbocycles. The van der Waals surface area contributed by atoms with Crippen LogP contribution in [0.25, 0.3) is 0 Å². The Kier molecular flexibility index (Phi) is 2.90. The summed E-state index contributed by atoms with van der Waals surface area (Å²) in [6, 6.07) is 10.9. The van der Waals surface area contributed by atoms with Gasteiger partial charge in [0.05, 0.1) is 12.2 Å². The Labute approximate surface area is 112 Å². The van der Waals surface area contributed by atoms with Gasteiger partial charge in [-0.15, -0.1) is 0 Å². The van der Waals surface area contributed by atoms with Crippen LogP contribution in [0.4, 0.5) is 10.1 Å². The predicted octanol–water partition coefficient (Wildman–Crippen LogP) is 3.99. The average Bonchev–Trinajstić information content (AvgIpc) is 2.41. The Hall–Kier alpha value is -2.03. The largest absolute Gasteiger partial charge is 0.482 e. The van der Waals surface area contributed by atoms with Crippen molar-refractivity contribution >= 4 is 5.69 Å². The van der Waals surface area contributed by atoms with Crippen molar-refractivity contribution in [2.45, 2.75) is 20.0 Å². The monoisotopic (exact) mass is 257 g/mol. The molecular weight excluding hydrogens is 241 g/mol. The lowest BCUT2D eigenvalue weighted by Gasteiger charge is -2.28. The Morgan fingerprint density at radius 2 is 2.00 bits per heavy atom. The summed E-state index contributed by atoms with van der Waals surface area (Å²) in [5, 5.41) is 3.23. The minimum atomic E-state index is -0.250. The first kappa shape index (κ1) is 12.0. The minimum absolute atomic E-state index is 0.0298. The molecule has 1 N–H and O–H groups in total. The van der Waals surface area contributed by atoms with Gasteiger partial charge in [0.25, 0.3) is 0 Å². The van der Waals surface area contributed by atoms with E-state index in [0.29, 0.717) is 12.3 Å². The van der Waals surface area contributed by atoms with Crippen LogP contribution in [0.1, 0.15) is 22.8 Å². The number of rotatable bonds is 1. The lowest BCUT2D eigenvalue weighted by Crippen LogP contribution is -2.24. The molecule has 2 nitrogen and oxygen atoms in total. The molecule has 0 saturated heterocycles. The van der Waals surface area contributed by atoms with E-state index in [1.54, 1.807) is 6.07 Å². The SMILES string of the molecule is Cc1ccc(C)c(C2CNc3cc(F)ccc3O2)c1. The normalized spacial score (nSPS) is 17.3. The van der Waals surface area contributed by atoms with E-state index in [1.165, 1.54) is 28.8 Å². The molecule has 19 heavy (non-hydrogen) atoms. The van der Waals surface area contributed by atoms with E-state index >= 15 is 0 Å². The Morgan fingerprint density at radius 1 is 1.16 bits per heavy atom.